The Labute approximate surface area is 148 Å². The van der Waals surface area contributed by atoms with E-state index in [1.54, 1.807) is 25.0 Å². The predicted octanol–water partition coefficient (Wildman–Crippen LogP) is 2.67. The summed E-state index contributed by atoms with van der Waals surface area (Å²) in [6.07, 6.45) is -4.28. The van der Waals surface area contributed by atoms with E-state index in [4.69, 9.17) is 4.74 Å². The molecule has 0 N–H and O–H groups in total. The van der Waals surface area contributed by atoms with E-state index in [0.29, 0.717) is 18.8 Å². The number of halogens is 3. The normalized spacial score (nSPS) is 17.8. The van der Waals surface area contributed by atoms with Crippen molar-refractivity contribution < 1.29 is 22.7 Å². The second-order valence-corrected chi connectivity index (χ2v) is 6.28. The molecule has 140 valence electrons. The van der Waals surface area contributed by atoms with Gasteiger partial charge in [0.2, 0.25) is 5.91 Å². The minimum absolute atomic E-state index is 0.116. The number of methoxy groups -OCH3 is 1. The Morgan fingerprint density at radius 3 is 2.73 bits per heavy atom. The standard InChI is InChI=1S/C17H19F3N4O2/c1-11-21-16(24(22-11)10-17(18,19)20)13-7-15(25)23(9-13)8-12-5-3-4-6-14(12)26-2/h3-6,13H,7-10H2,1-2H3/t13-/m0/s1. The van der Waals surface area contributed by atoms with Gasteiger partial charge in [0.1, 0.15) is 23.9 Å². The Kier molecular flexibility index (Phi) is 4.88. The lowest BCUT2D eigenvalue weighted by molar-refractivity contribution is -0.143. The molecule has 0 bridgehead atoms. The molecule has 1 fully saturated rings. The zero-order valence-electron chi connectivity index (χ0n) is 14.5. The van der Waals surface area contributed by atoms with Crippen LogP contribution in [0.1, 0.15) is 29.6 Å². The fourth-order valence-corrected chi connectivity index (χ4v) is 3.20. The molecule has 1 saturated heterocycles. The van der Waals surface area contributed by atoms with E-state index >= 15 is 0 Å². The highest BCUT2D eigenvalue weighted by atomic mass is 19.4. The SMILES string of the molecule is COc1ccccc1CN1C[C@@H](c2nc(C)nn2CC(F)(F)F)CC1=O. The van der Waals surface area contributed by atoms with Gasteiger partial charge in [-0.2, -0.15) is 18.3 Å². The van der Waals surface area contributed by atoms with E-state index < -0.39 is 18.6 Å². The number of para-hydroxylation sites is 1. The smallest absolute Gasteiger partial charge is 0.408 e. The molecule has 1 atom stereocenters. The number of amides is 1. The van der Waals surface area contributed by atoms with Crippen molar-refractivity contribution in [2.45, 2.75) is 38.5 Å². The number of nitrogens with zero attached hydrogens (tertiary/aromatic N) is 4. The summed E-state index contributed by atoms with van der Waals surface area (Å²) < 4.78 is 44.4. The van der Waals surface area contributed by atoms with E-state index in [-0.39, 0.29) is 24.0 Å². The molecule has 2 heterocycles. The van der Waals surface area contributed by atoms with Crippen LogP contribution in [0.25, 0.3) is 0 Å². The van der Waals surface area contributed by atoms with Crippen molar-refractivity contribution >= 4 is 5.91 Å². The molecular weight excluding hydrogens is 349 g/mol. The summed E-state index contributed by atoms with van der Waals surface area (Å²) in [6.45, 7) is 0.971. The van der Waals surface area contributed by atoms with Gasteiger partial charge in [0.05, 0.1) is 7.11 Å². The van der Waals surface area contributed by atoms with Gasteiger partial charge in [0, 0.05) is 31.0 Å². The number of carbonyl (C=O) groups excluding carboxylic acids is 1. The maximum absolute atomic E-state index is 12.8. The zero-order valence-corrected chi connectivity index (χ0v) is 14.5. The molecule has 0 saturated carbocycles. The average molecular weight is 368 g/mol. The van der Waals surface area contributed by atoms with Crippen molar-refractivity contribution in [2.75, 3.05) is 13.7 Å². The molecule has 3 rings (SSSR count). The van der Waals surface area contributed by atoms with Crippen LogP contribution in [-0.4, -0.2) is 45.4 Å². The van der Waals surface area contributed by atoms with Crippen molar-refractivity contribution in [3.8, 4) is 5.75 Å². The van der Waals surface area contributed by atoms with Crippen LogP contribution in [0.2, 0.25) is 0 Å². The van der Waals surface area contributed by atoms with Crippen LogP contribution in [0.4, 0.5) is 13.2 Å². The summed E-state index contributed by atoms with van der Waals surface area (Å²) in [4.78, 5) is 18.1. The summed E-state index contributed by atoms with van der Waals surface area (Å²) in [7, 11) is 1.55. The Morgan fingerprint density at radius 1 is 1.31 bits per heavy atom. The van der Waals surface area contributed by atoms with Crippen molar-refractivity contribution in [1.29, 1.82) is 0 Å². The van der Waals surface area contributed by atoms with Gasteiger partial charge in [0.25, 0.3) is 0 Å². The topological polar surface area (TPSA) is 60.2 Å². The first-order valence-corrected chi connectivity index (χ1v) is 8.14. The number of carbonyl (C=O) groups is 1. The van der Waals surface area contributed by atoms with Crippen LogP contribution in [0, 0.1) is 6.92 Å². The second kappa shape index (κ2) is 6.97. The number of benzene rings is 1. The fraction of sp³-hybridized carbons (Fsp3) is 0.471. The highest BCUT2D eigenvalue weighted by Crippen LogP contribution is 2.31. The highest BCUT2D eigenvalue weighted by Gasteiger charge is 2.37. The lowest BCUT2D eigenvalue weighted by Crippen LogP contribution is -2.25. The Morgan fingerprint density at radius 2 is 2.04 bits per heavy atom. The monoisotopic (exact) mass is 368 g/mol. The van der Waals surface area contributed by atoms with E-state index in [2.05, 4.69) is 10.1 Å². The van der Waals surface area contributed by atoms with Gasteiger partial charge in [-0.1, -0.05) is 18.2 Å². The second-order valence-electron chi connectivity index (χ2n) is 6.28. The largest absolute Gasteiger partial charge is 0.496 e. The van der Waals surface area contributed by atoms with E-state index in [0.717, 1.165) is 10.2 Å². The van der Waals surface area contributed by atoms with Crippen molar-refractivity contribution in [3.05, 3.63) is 41.5 Å². The molecule has 1 aliphatic rings. The maximum Gasteiger partial charge on any atom is 0.408 e. The Bertz CT molecular complexity index is 804. The van der Waals surface area contributed by atoms with E-state index in [1.807, 2.05) is 18.2 Å². The molecule has 26 heavy (non-hydrogen) atoms. The number of aryl methyl sites for hydroxylation is 1. The quantitative estimate of drug-likeness (QED) is 0.814. The van der Waals surface area contributed by atoms with Crippen LogP contribution in [0.15, 0.2) is 24.3 Å². The summed E-state index contributed by atoms with van der Waals surface area (Å²) in [5.74, 6) is 0.594. The molecule has 0 unspecified atom stereocenters. The summed E-state index contributed by atoms with van der Waals surface area (Å²) in [5, 5.41) is 3.84. The Balaban J connectivity index is 1.78. The summed E-state index contributed by atoms with van der Waals surface area (Å²) in [5.41, 5.74) is 0.844. The minimum atomic E-state index is -4.39. The van der Waals surface area contributed by atoms with Crippen LogP contribution in [0.3, 0.4) is 0 Å². The van der Waals surface area contributed by atoms with Crippen LogP contribution in [0.5, 0.6) is 5.75 Å². The first kappa shape index (κ1) is 18.2. The lowest BCUT2D eigenvalue weighted by Gasteiger charge is -2.18. The third-order valence-electron chi connectivity index (χ3n) is 4.27. The third kappa shape index (κ3) is 3.97. The van der Waals surface area contributed by atoms with E-state index in [9.17, 15) is 18.0 Å². The fourth-order valence-electron chi connectivity index (χ4n) is 3.20. The molecule has 0 aliphatic carbocycles. The van der Waals surface area contributed by atoms with Crippen molar-refractivity contribution in [2.24, 2.45) is 0 Å². The predicted molar refractivity (Wildman–Crippen MR) is 86.6 cm³/mol. The lowest BCUT2D eigenvalue weighted by atomic mass is 10.1. The van der Waals surface area contributed by atoms with Crippen LogP contribution >= 0.6 is 0 Å². The van der Waals surface area contributed by atoms with Crippen molar-refractivity contribution in [3.63, 3.8) is 0 Å². The molecule has 9 heteroatoms. The number of rotatable bonds is 5. The van der Waals surface area contributed by atoms with Gasteiger partial charge in [-0.3, -0.25) is 4.79 Å². The molecular formula is C17H19F3N4O2. The van der Waals surface area contributed by atoms with Gasteiger partial charge in [-0.05, 0) is 13.0 Å². The first-order chi connectivity index (χ1) is 12.3. The molecule has 6 nitrogen and oxygen atoms in total. The number of alkyl halides is 3. The number of likely N-dealkylation sites (tertiary alicyclic amines) is 1. The van der Waals surface area contributed by atoms with Crippen LogP contribution in [-0.2, 0) is 17.9 Å². The van der Waals surface area contributed by atoms with Gasteiger partial charge < -0.3 is 9.64 Å². The minimum Gasteiger partial charge on any atom is -0.496 e. The van der Waals surface area contributed by atoms with Gasteiger partial charge in [-0.15, -0.1) is 0 Å². The van der Waals surface area contributed by atoms with E-state index in [1.165, 1.54) is 0 Å². The maximum atomic E-state index is 12.8. The molecule has 0 spiro atoms. The average Bonchev–Trinajstić information content (AvgIpc) is 3.09. The van der Waals surface area contributed by atoms with Crippen molar-refractivity contribution in [1.82, 2.24) is 19.7 Å². The summed E-state index contributed by atoms with van der Waals surface area (Å²) in [6, 6.07) is 7.34. The number of hydrogen-bond acceptors (Lipinski definition) is 4. The third-order valence-corrected chi connectivity index (χ3v) is 4.27. The number of hydrogen-bond donors (Lipinski definition) is 0. The molecule has 2 aromatic rings. The molecule has 1 aromatic carbocycles. The molecule has 1 aliphatic heterocycles. The molecule has 0 radical (unpaired) electrons. The van der Waals surface area contributed by atoms with Gasteiger partial charge in [-0.25, -0.2) is 9.67 Å². The Hall–Kier alpha value is -2.58. The number of ether oxygens (including phenoxy) is 1. The molecule has 1 amide bonds. The van der Waals surface area contributed by atoms with Gasteiger partial charge >= 0.3 is 6.18 Å². The van der Waals surface area contributed by atoms with Crippen LogP contribution < -0.4 is 4.74 Å². The highest BCUT2D eigenvalue weighted by molar-refractivity contribution is 5.79. The summed E-state index contributed by atoms with van der Waals surface area (Å²) >= 11 is 0. The number of aromatic nitrogens is 3. The zero-order chi connectivity index (χ0) is 18.9. The van der Waals surface area contributed by atoms with Gasteiger partial charge in [0.15, 0.2) is 0 Å². The first-order valence-electron chi connectivity index (χ1n) is 8.14. The molecule has 1 aromatic heterocycles.